The summed E-state index contributed by atoms with van der Waals surface area (Å²) in [5, 5.41) is 3.43. The second kappa shape index (κ2) is 6.76. The Hall–Kier alpha value is -1.06. The second-order valence-electron chi connectivity index (χ2n) is 5.16. The van der Waals surface area contributed by atoms with E-state index in [1.165, 1.54) is 11.1 Å². The molecule has 1 aliphatic heterocycles. The highest BCUT2D eigenvalue weighted by Crippen LogP contribution is 2.25. The third-order valence-corrected chi connectivity index (χ3v) is 3.34. The number of hydrogen-bond acceptors (Lipinski definition) is 3. The monoisotopic (exact) mass is 248 g/mol. The topological polar surface area (TPSA) is 47.3 Å². The summed E-state index contributed by atoms with van der Waals surface area (Å²) in [6.07, 6.45) is 4.41. The highest BCUT2D eigenvalue weighted by molar-refractivity contribution is 5.38. The van der Waals surface area contributed by atoms with Crippen LogP contribution in [0, 0.1) is 0 Å². The minimum atomic E-state index is 0.290. The summed E-state index contributed by atoms with van der Waals surface area (Å²) in [6, 6.07) is 6.88. The maximum Gasteiger partial charge on any atom is 0.122 e. The van der Waals surface area contributed by atoms with Crippen LogP contribution < -0.4 is 15.8 Å². The number of fused-ring (bicyclic) bond motifs is 1. The molecule has 3 nitrogen and oxygen atoms in total. The van der Waals surface area contributed by atoms with Gasteiger partial charge < -0.3 is 15.8 Å². The molecule has 0 aliphatic carbocycles. The number of nitrogens with two attached hydrogens (primary N) is 1. The van der Waals surface area contributed by atoms with Gasteiger partial charge >= 0.3 is 0 Å². The Labute approximate surface area is 110 Å². The van der Waals surface area contributed by atoms with Crippen LogP contribution >= 0.6 is 0 Å². The number of hydrogen-bond donors (Lipinski definition) is 2. The van der Waals surface area contributed by atoms with Gasteiger partial charge in [-0.3, -0.25) is 0 Å². The standard InChI is InChI=1S/C15H24N2O/c1-12(16)6-8-17-9-7-13-4-5-15-14(11-13)3-2-10-18-15/h4-5,11-12,17H,2-3,6-10,16H2,1H3. The molecule has 0 spiro atoms. The molecular weight excluding hydrogens is 224 g/mol. The molecule has 0 bridgehead atoms. The van der Waals surface area contributed by atoms with Crippen LogP contribution in [0.3, 0.4) is 0 Å². The first-order valence-corrected chi connectivity index (χ1v) is 6.96. The molecule has 2 rings (SSSR count). The van der Waals surface area contributed by atoms with Crippen molar-refractivity contribution in [3.05, 3.63) is 29.3 Å². The van der Waals surface area contributed by atoms with E-state index >= 15 is 0 Å². The lowest BCUT2D eigenvalue weighted by Crippen LogP contribution is -2.25. The largest absolute Gasteiger partial charge is 0.493 e. The van der Waals surface area contributed by atoms with Crippen molar-refractivity contribution in [2.75, 3.05) is 19.7 Å². The van der Waals surface area contributed by atoms with Gasteiger partial charge in [-0.15, -0.1) is 0 Å². The van der Waals surface area contributed by atoms with Crippen LogP contribution in [0.15, 0.2) is 18.2 Å². The molecule has 1 atom stereocenters. The number of aryl methyl sites for hydroxylation is 1. The molecule has 0 fully saturated rings. The number of ether oxygens (including phenoxy) is 1. The van der Waals surface area contributed by atoms with Gasteiger partial charge in [0.2, 0.25) is 0 Å². The van der Waals surface area contributed by atoms with Crippen molar-refractivity contribution in [1.29, 1.82) is 0 Å². The van der Waals surface area contributed by atoms with Gasteiger partial charge in [0, 0.05) is 6.04 Å². The first-order valence-electron chi connectivity index (χ1n) is 6.96. The zero-order valence-electron chi connectivity index (χ0n) is 11.2. The van der Waals surface area contributed by atoms with Crippen molar-refractivity contribution in [3.8, 4) is 5.75 Å². The predicted octanol–water partition coefficient (Wildman–Crippen LogP) is 1.88. The number of benzene rings is 1. The van der Waals surface area contributed by atoms with Crippen LogP contribution in [0.2, 0.25) is 0 Å². The smallest absolute Gasteiger partial charge is 0.122 e. The maximum atomic E-state index is 5.71. The summed E-state index contributed by atoms with van der Waals surface area (Å²) < 4.78 is 5.62. The SMILES string of the molecule is CC(N)CCNCCc1ccc2c(c1)CCCO2. The summed E-state index contributed by atoms with van der Waals surface area (Å²) in [4.78, 5) is 0. The molecule has 1 aromatic rings. The zero-order chi connectivity index (χ0) is 12.8. The Kier molecular flexibility index (Phi) is 5.02. The minimum Gasteiger partial charge on any atom is -0.493 e. The van der Waals surface area contributed by atoms with Crippen LogP contribution in [0.25, 0.3) is 0 Å². The van der Waals surface area contributed by atoms with E-state index < -0.39 is 0 Å². The number of nitrogens with one attached hydrogen (secondary N) is 1. The van der Waals surface area contributed by atoms with Gasteiger partial charge in [0.05, 0.1) is 6.61 Å². The van der Waals surface area contributed by atoms with Crippen LogP contribution in [0.5, 0.6) is 5.75 Å². The molecule has 0 saturated heterocycles. The van der Waals surface area contributed by atoms with E-state index in [1.54, 1.807) is 0 Å². The van der Waals surface area contributed by atoms with E-state index in [4.69, 9.17) is 10.5 Å². The normalized spacial score (nSPS) is 15.9. The van der Waals surface area contributed by atoms with E-state index in [1.807, 2.05) is 6.92 Å². The molecule has 100 valence electrons. The molecule has 0 amide bonds. The van der Waals surface area contributed by atoms with Crippen molar-refractivity contribution >= 4 is 0 Å². The number of rotatable bonds is 6. The van der Waals surface area contributed by atoms with Crippen LogP contribution in [-0.2, 0) is 12.8 Å². The van der Waals surface area contributed by atoms with E-state index in [0.29, 0.717) is 6.04 Å². The molecule has 0 aromatic heterocycles. The van der Waals surface area contributed by atoms with Crippen molar-refractivity contribution in [2.24, 2.45) is 5.73 Å². The Morgan fingerprint density at radius 2 is 2.28 bits per heavy atom. The third-order valence-electron chi connectivity index (χ3n) is 3.34. The third kappa shape index (κ3) is 4.00. The van der Waals surface area contributed by atoms with Crippen LogP contribution in [0.4, 0.5) is 0 Å². The van der Waals surface area contributed by atoms with Crippen molar-refractivity contribution in [3.63, 3.8) is 0 Å². The second-order valence-corrected chi connectivity index (χ2v) is 5.16. The summed E-state index contributed by atoms with van der Waals surface area (Å²) in [5.74, 6) is 1.08. The van der Waals surface area contributed by atoms with E-state index in [0.717, 1.165) is 51.1 Å². The Bertz CT molecular complexity index is 377. The zero-order valence-corrected chi connectivity index (χ0v) is 11.2. The molecule has 18 heavy (non-hydrogen) atoms. The van der Waals surface area contributed by atoms with E-state index in [-0.39, 0.29) is 0 Å². The minimum absolute atomic E-state index is 0.290. The first kappa shape index (κ1) is 13.4. The molecule has 1 heterocycles. The predicted molar refractivity (Wildman–Crippen MR) is 75.1 cm³/mol. The molecule has 3 heteroatoms. The summed E-state index contributed by atoms with van der Waals surface area (Å²) in [6.45, 7) is 4.94. The summed E-state index contributed by atoms with van der Waals surface area (Å²) >= 11 is 0. The Balaban J connectivity index is 1.76. The van der Waals surface area contributed by atoms with Crippen LogP contribution in [0.1, 0.15) is 30.9 Å². The van der Waals surface area contributed by atoms with E-state index in [2.05, 4.69) is 23.5 Å². The molecule has 3 N–H and O–H groups in total. The fourth-order valence-electron chi connectivity index (χ4n) is 2.26. The lowest BCUT2D eigenvalue weighted by Gasteiger charge is -2.18. The van der Waals surface area contributed by atoms with Gasteiger partial charge in [-0.2, -0.15) is 0 Å². The molecule has 0 radical (unpaired) electrons. The molecule has 1 unspecified atom stereocenters. The summed E-state index contributed by atoms with van der Waals surface area (Å²) in [5.41, 5.74) is 8.47. The highest BCUT2D eigenvalue weighted by Gasteiger charge is 2.10. The van der Waals surface area contributed by atoms with Crippen molar-refractivity contribution < 1.29 is 4.74 Å². The van der Waals surface area contributed by atoms with Gasteiger partial charge in [-0.1, -0.05) is 12.1 Å². The van der Waals surface area contributed by atoms with Crippen LogP contribution in [-0.4, -0.2) is 25.7 Å². The van der Waals surface area contributed by atoms with E-state index in [9.17, 15) is 0 Å². The molecular formula is C15H24N2O. The lowest BCUT2D eigenvalue weighted by atomic mass is 10.0. The molecule has 1 aliphatic rings. The van der Waals surface area contributed by atoms with Gasteiger partial charge in [-0.25, -0.2) is 0 Å². The molecule has 0 saturated carbocycles. The maximum absolute atomic E-state index is 5.71. The summed E-state index contributed by atoms with van der Waals surface area (Å²) in [7, 11) is 0. The van der Waals surface area contributed by atoms with Gasteiger partial charge in [0.25, 0.3) is 0 Å². The highest BCUT2D eigenvalue weighted by atomic mass is 16.5. The van der Waals surface area contributed by atoms with Gasteiger partial charge in [0.15, 0.2) is 0 Å². The Morgan fingerprint density at radius 3 is 3.11 bits per heavy atom. The lowest BCUT2D eigenvalue weighted by molar-refractivity contribution is 0.288. The fraction of sp³-hybridized carbons (Fsp3) is 0.600. The average molecular weight is 248 g/mol. The van der Waals surface area contributed by atoms with Gasteiger partial charge in [0.1, 0.15) is 5.75 Å². The van der Waals surface area contributed by atoms with Crippen molar-refractivity contribution in [2.45, 2.75) is 38.6 Å². The Morgan fingerprint density at radius 1 is 1.39 bits per heavy atom. The fourth-order valence-corrected chi connectivity index (χ4v) is 2.26. The molecule has 1 aromatic carbocycles. The van der Waals surface area contributed by atoms with Crippen molar-refractivity contribution in [1.82, 2.24) is 5.32 Å². The first-order chi connectivity index (χ1) is 8.75. The quantitative estimate of drug-likeness (QED) is 0.756. The van der Waals surface area contributed by atoms with Gasteiger partial charge in [-0.05, 0) is 62.9 Å². The average Bonchev–Trinajstić information content (AvgIpc) is 2.38.